The van der Waals surface area contributed by atoms with Crippen LogP contribution in [0.4, 0.5) is 10.1 Å². The highest BCUT2D eigenvalue weighted by molar-refractivity contribution is 5.47. The SMILES string of the molecule is COc1ccc(C(N)CN(C)c2ccccc2F)cc1. The predicted octanol–water partition coefficient (Wildman–Crippen LogP) is 2.97. The lowest BCUT2D eigenvalue weighted by Gasteiger charge is -2.24. The molecule has 1 unspecified atom stereocenters. The second-order valence-corrected chi connectivity index (χ2v) is 4.71. The van der Waals surface area contributed by atoms with Gasteiger partial charge < -0.3 is 15.4 Å². The van der Waals surface area contributed by atoms with Gasteiger partial charge in [-0.05, 0) is 29.8 Å². The molecule has 0 aliphatic carbocycles. The summed E-state index contributed by atoms with van der Waals surface area (Å²) in [4.78, 5) is 1.82. The Bertz CT molecular complexity index is 557. The van der Waals surface area contributed by atoms with Crippen LogP contribution in [0, 0.1) is 5.82 Å². The zero-order valence-corrected chi connectivity index (χ0v) is 11.7. The van der Waals surface area contributed by atoms with Gasteiger partial charge in [0.1, 0.15) is 11.6 Å². The average molecular weight is 274 g/mol. The molecule has 2 aromatic rings. The quantitative estimate of drug-likeness (QED) is 0.911. The Balaban J connectivity index is 2.06. The summed E-state index contributed by atoms with van der Waals surface area (Å²) in [5, 5.41) is 0. The predicted molar refractivity (Wildman–Crippen MR) is 79.6 cm³/mol. The van der Waals surface area contributed by atoms with Crippen LogP contribution in [0.15, 0.2) is 48.5 Å². The van der Waals surface area contributed by atoms with Gasteiger partial charge in [0.25, 0.3) is 0 Å². The van der Waals surface area contributed by atoms with E-state index < -0.39 is 0 Å². The van der Waals surface area contributed by atoms with Gasteiger partial charge in [0.05, 0.1) is 12.8 Å². The van der Waals surface area contributed by atoms with Crippen LogP contribution < -0.4 is 15.4 Å². The fraction of sp³-hybridized carbons (Fsp3) is 0.250. The van der Waals surface area contributed by atoms with Crippen molar-refractivity contribution < 1.29 is 9.13 Å². The Hall–Kier alpha value is -2.07. The standard InChI is InChI=1S/C16H19FN2O/c1-19(16-6-4-3-5-14(16)17)11-15(18)12-7-9-13(20-2)10-8-12/h3-10,15H,11,18H2,1-2H3. The molecule has 0 aliphatic heterocycles. The molecule has 0 radical (unpaired) electrons. The number of rotatable bonds is 5. The molecule has 0 saturated carbocycles. The highest BCUT2D eigenvalue weighted by Crippen LogP contribution is 2.21. The Morgan fingerprint density at radius 3 is 2.40 bits per heavy atom. The van der Waals surface area contributed by atoms with Crippen molar-refractivity contribution in [2.75, 3.05) is 25.6 Å². The summed E-state index contributed by atoms with van der Waals surface area (Å²) >= 11 is 0. The van der Waals surface area contributed by atoms with Crippen LogP contribution in [-0.2, 0) is 0 Å². The Labute approximate surface area is 118 Å². The number of methoxy groups -OCH3 is 1. The van der Waals surface area contributed by atoms with Crippen LogP contribution in [0.25, 0.3) is 0 Å². The lowest BCUT2D eigenvalue weighted by Crippen LogP contribution is -2.29. The summed E-state index contributed by atoms with van der Waals surface area (Å²) < 4.78 is 18.8. The minimum absolute atomic E-state index is 0.189. The molecular weight excluding hydrogens is 255 g/mol. The number of nitrogens with zero attached hydrogens (tertiary/aromatic N) is 1. The Kier molecular flexibility index (Phi) is 4.58. The van der Waals surface area contributed by atoms with Gasteiger partial charge in [0.15, 0.2) is 0 Å². The van der Waals surface area contributed by atoms with E-state index in [9.17, 15) is 4.39 Å². The monoisotopic (exact) mass is 274 g/mol. The van der Waals surface area contributed by atoms with E-state index >= 15 is 0 Å². The summed E-state index contributed by atoms with van der Waals surface area (Å²) in [5.41, 5.74) is 7.72. The zero-order chi connectivity index (χ0) is 14.5. The Morgan fingerprint density at radius 1 is 1.15 bits per heavy atom. The molecule has 0 fully saturated rings. The van der Waals surface area contributed by atoms with Crippen molar-refractivity contribution in [3.63, 3.8) is 0 Å². The number of benzene rings is 2. The van der Waals surface area contributed by atoms with Crippen molar-refractivity contribution in [3.05, 3.63) is 59.9 Å². The van der Waals surface area contributed by atoms with Gasteiger partial charge in [-0.2, -0.15) is 0 Å². The van der Waals surface area contributed by atoms with Gasteiger partial charge in [0.2, 0.25) is 0 Å². The molecule has 2 rings (SSSR count). The zero-order valence-electron chi connectivity index (χ0n) is 11.7. The molecule has 0 saturated heterocycles. The van der Waals surface area contributed by atoms with Gasteiger partial charge in [-0.3, -0.25) is 0 Å². The molecule has 3 nitrogen and oxygen atoms in total. The van der Waals surface area contributed by atoms with E-state index in [-0.39, 0.29) is 11.9 Å². The molecule has 20 heavy (non-hydrogen) atoms. The number of ether oxygens (including phenoxy) is 1. The molecule has 0 spiro atoms. The third-order valence-corrected chi connectivity index (χ3v) is 3.28. The van der Waals surface area contributed by atoms with Crippen molar-refractivity contribution in [2.24, 2.45) is 5.73 Å². The van der Waals surface area contributed by atoms with E-state index in [2.05, 4.69) is 0 Å². The molecule has 2 N–H and O–H groups in total. The van der Waals surface area contributed by atoms with E-state index in [1.54, 1.807) is 19.2 Å². The van der Waals surface area contributed by atoms with Gasteiger partial charge in [0, 0.05) is 19.6 Å². The number of anilines is 1. The third-order valence-electron chi connectivity index (χ3n) is 3.28. The first-order chi connectivity index (χ1) is 9.61. The summed E-state index contributed by atoms with van der Waals surface area (Å²) in [6.45, 7) is 0.535. The van der Waals surface area contributed by atoms with Gasteiger partial charge in [-0.25, -0.2) is 4.39 Å². The number of hydrogen-bond acceptors (Lipinski definition) is 3. The summed E-state index contributed by atoms with van der Waals surface area (Å²) in [6, 6.07) is 14.1. The summed E-state index contributed by atoms with van der Waals surface area (Å²) in [6.07, 6.45) is 0. The lowest BCUT2D eigenvalue weighted by atomic mass is 10.1. The van der Waals surface area contributed by atoms with Crippen LogP contribution in [-0.4, -0.2) is 20.7 Å². The number of para-hydroxylation sites is 1. The maximum Gasteiger partial charge on any atom is 0.146 e. The van der Waals surface area contributed by atoms with Crippen molar-refractivity contribution in [3.8, 4) is 5.75 Å². The summed E-state index contributed by atoms with van der Waals surface area (Å²) in [5.74, 6) is 0.556. The van der Waals surface area contributed by atoms with Crippen LogP contribution in [0.2, 0.25) is 0 Å². The minimum Gasteiger partial charge on any atom is -0.497 e. The number of hydrogen-bond donors (Lipinski definition) is 1. The first kappa shape index (κ1) is 14.3. The van der Waals surface area contributed by atoms with Crippen LogP contribution in [0.3, 0.4) is 0 Å². The third kappa shape index (κ3) is 3.27. The maximum absolute atomic E-state index is 13.7. The fourth-order valence-electron chi connectivity index (χ4n) is 2.11. The molecule has 4 heteroatoms. The molecule has 1 atom stereocenters. The number of nitrogens with two attached hydrogens (primary N) is 1. The van der Waals surface area contributed by atoms with E-state index in [0.717, 1.165) is 11.3 Å². The Morgan fingerprint density at radius 2 is 1.80 bits per heavy atom. The first-order valence-corrected chi connectivity index (χ1v) is 6.47. The molecule has 0 bridgehead atoms. The van der Waals surface area contributed by atoms with E-state index in [4.69, 9.17) is 10.5 Å². The second kappa shape index (κ2) is 6.39. The normalized spacial score (nSPS) is 12.0. The maximum atomic E-state index is 13.7. The van der Waals surface area contributed by atoms with Gasteiger partial charge in [-0.15, -0.1) is 0 Å². The largest absolute Gasteiger partial charge is 0.497 e. The number of likely N-dealkylation sites (N-methyl/N-ethyl adjacent to an activating group) is 1. The average Bonchev–Trinajstić information content (AvgIpc) is 2.47. The van der Waals surface area contributed by atoms with Crippen molar-refractivity contribution in [1.82, 2.24) is 0 Å². The smallest absolute Gasteiger partial charge is 0.146 e. The van der Waals surface area contributed by atoms with Gasteiger partial charge in [-0.1, -0.05) is 24.3 Å². The van der Waals surface area contributed by atoms with Crippen molar-refractivity contribution in [1.29, 1.82) is 0 Å². The number of halogens is 1. The molecule has 0 heterocycles. The summed E-state index contributed by atoms with van der Waals surface area (Å²) in [7, 11) is 3.46. The topological polar surface area (TPSA) is 38.5 Å². The molecule has 0 aliphatic rings. The lowest BCUT2D eigenvalue weighted by molar-refractivity contribution is 0.414. The van der Waals surface area contributed by atoms with Crippen LogP contribution >= 0.6 is 0 Å². The van der Waals surface area contributed by atoms with Crippen molar-refractivity contribution in [2.45, 2.75) is 6.04 Å². The second-order valence-electron chi connectivity index (χ2n) is 4.71. The van der Waals surface area contributed by atoms with Crippen LogP contribution in [0.1, 0.15) is 11.6 Å². The van der Waals surface area contributed by atoms with E-state index in [1.807, 2.05) is 42.3 Å². The molecule has 2 aromatic carbocycles. The highest BCUT2D eigenvalue weighted by Gasteiger charge is 2.12. The molecule has 0 aromatic heterocycles. The molecule has 106 valence electrons. The van der Waals surface area contributed by atoms with Gasteiger partial charge >= 0.3 is 0 Å². The van der Waals surface area contributed by atoms with E-state index in [1.165, 1.54) is 6.07 Å². The van der Waals surface area contributed by atoms with Crippen molar-refractivity contribution >= 4 is 5.69 Å². The molecule has 0 amide bonds. The highest BCUT2D eigenvalue weighted by atomic mass is 19.1. The van der Waals surface area contributed by atoms with E-state index in [0.29, 0.717) is 12.2 Å². The molecular formula is C16H19FN2O. The first-order valence-electron chi connectivity index (χ1n) is 6.47. The fourth-order valence-corrected chi connectivity index (χ4v) is 2.11. The van der Waals surface area contributed by atoms with Crippen LogP contribution in [0.5, 0.6) is 5.75 Å². The minimum atomic E-state index is -0.239.